The van der Waals surface area contributed by atoms with Crippen LogP contribution in [0.15, 0.2) is 0 Å². The molecule has 2 aliphatic rings. The van der Waals surface area contributed by atoms with Gasteiger partial charge in [-0.25, -0.2) is 4.79 Å². The largest absolute Gasteiger partial charge is 0.479 e. The lowest BCUT2D eigenvalue weighted by Gasteiger charge is -2.36. The molecule has 2 aliphatic heterocycles. The molecule has 0 aromatic heterocycles. The SMILES string of the molecule is CC(C)CN1CCN(C(=O)C2CCC(C(=O)O)O2)CC1. The van der Waals surface area contributed by atoms with E-state index in [1.54, 1.807) is 0 Å². The molecule has 2 heterocycles. The number of aliphatic carboxylic acids is 1. The minimum atomic E-state index is -0.970. The summed E-state index contributed by atoms with van der Waals surface area (Å²) in [4.78, 5) is 27.3. The van der Waals surface area contributed by atoms with Crippen molar-refractivity contribution in [1.82, 2.24) is 9.80 Å². The average Bonchev–Trinajstić information content (AvgIpc) is 2.88. The molecule has 6 nitrogen and oxygen atoms in total. The molecule has 6 heteroatoms. The van der Waals surface area contributed by atoms with E-state index in [0.29, 0.717) is 31.8 Å². The fourth-order valence-electron chi connectivity index (χ4n) is 2.87. The molecule has 0 saturated carbocycles. The summed E-state index contributed by atoms with van der Waals surface area (Å²) in [6.45, 7) is 8.64. The highest BCUT2D eigenvalue weighted by atomic mass is 16.5. The van der Waals surface area contributed by atoms with Gasteiger partial charge < -0.3 is 14.7 Å². The smallest absolute Gasteiger partial charge is 0.332 e. The fraction of sp³-hybridized carbons (Fsp3) is 0.857. The number of ether oxygens (including phenoxy) is 1. The van der Waals surface area contributed by atoms with E-state index in [9.17, 15) is 9.59 Å². The van der Waals surface area contributed by atoms with E-state index in [1.807, 2.05) is 4.90 Å². The van der Waals surface area contributed by atoms with E-state index >= 15 is 0 Å². The summed E-state index contributed by atoms with van der Waals surface area (Å²) < 4.78 is 5.32. The fourth-order valence-corrected chi connectivity index (χ4v) is 2.87. The maximum absolute atomic E-state index is 12.3. The van der Waals surface area contributed by atoms with E-state index in [1.165, 1.54) is 0 Å². The third-order valence-corrected chi connectivity index (χ3v) is 3.88. The molecule has 0 bridgehead atoms. The van der Waals surface area contributed by atoms with Crippen LogP contribution < -0.4 is 0 Å². The van der Waals surface area contributed by atoms with Gasteiger partial charge in [-0.1, -0.05) is 13.8 Å². The second kappa shape index (κ2) is 6.54. The molecule has 0 aromatic rings. The highest BCUT2D eigenvalue weighted by Gasteiger charge is 2.37. The molecule has 2 unspecified atom stereocenters. The number of piperazine rings is 1. The molecule has 1 amide bonds. The van der Waals surface area contributed by atoms with E-state index in [0.717, 1.165) is 19.6 Å². The number of hydrogen-bond acceptors (Lipinski definition) is 4. The quantitative estimate of drug-likeness (QED) is 0.810. The summed E-state index contributed by atoms with van der Waals surface area (Å²) in [5.41, 5.74) is 0. The van der Waals surface area contributed by atoms with Gasteiger partial charge in [-0.05, 0) is 18.8 Å². The van der Waals surface area contributed by atoms with Crippen molar-refractivity contribution in [2.75, 3.05) is 32.7 Å². The van der Waals surface area contributed by atoms with Gasteiger partial charge in [0, 0.05) is 32.7 Å². The summed E-state index contributed by atoms with van der Waals surface area (Å²) >= 11 is 0. The van der Waals surface area contributed by atoms with Gasteiger partial charge in [-0.3, -0.25) is 9.69 Å². The van der Waals surface area contributed by atoms with Gasteiger partial charge >= 0.3 is 5.97 Å². The molecule has 0 radical (unpaired) electrons. The predicted octanol–water partition coefficient (Wildman–Crippen LogP) is 0.419. The normalized spacial score (nSPS) is 28.1. The zero-order chi connectivity index (χ0) is 14.7. The van der Waals surface area contributed by atoms with Crippen LogP contribution in [-0.2, 0) is 14.3 Å². The van der Waals surface area contributed by atoms with Crippen molar-refractivity contribution in [3.8, 4) is 0 Å². The molecule has 1 N–H and O–H groups in total. The van der Waals surface area contributed by atoms with Crippen molar-refractivity contribution in [3.63, 3.8) is 0 Å². The Morgan fingerprint density at radius 2 is 1.75 bits per heavy atom. The Kier molecular flexibility index (Phi) is 4.99. The number of hydrogen-bond donors (Lipinski definition) is 1. The molecule has 0 aromatic carbocycles. The minimum absolute atomic E-state index is 0.0436. The van der Waals surface area contributed by atoms with Crippen molar-refractivity contribution in [2.24, 2.45) is 5.92 Å². The molecule has 114 valence electrons. The second-order valence-electron chi connectivity index (χ2n) is 6.05. The average molecular weight is 284 g/mol. The first kappa shape index (κ1) is 15.3. The number of carbonyl (C=O) groups excluding carboxylic acids is 1. The molecule has 0 aliphatic carbocycles. The molecule has 0 spiro atoms. The summed E-state index contributed by atoms with van der Waals surface area (Å²) in [6.07, 6.45) is -0.430. The van der Waals surface area contributed by atoms with Crippen molar-refractivity contribution in [2.45, 2.75) is 38.9 Å². The first-order valence-corrected chi connectivity index (χ1v) is 7.36. The summed E-state index contributed by atoms with van der Waals surface area (Å²) in [7, 11) is 0. The molecule has 20 heavy (non-hydrogen) atoms. The lowest BCUT2D eigenvalue weighted by molar-refractivity contribution is -0.155. The molecular weight excluding hydrogens is 260 g/mol. The zero-order valence-electron chi connectivity index (χ0n) is 12.2. The lowest BCUT2D eigenvalue weighted by Crippen LogP contribution is -2.52. The minimum Gasteiger partial charge on any atom is -0.479 e. The Hall–Kier alpha value is -1.14. The third kappa shape index (κ3) is 3.70. The predicted molar refractivity (Wildman–Crippen MR) is 73.4 cm³/mol. The number of rotatable bonds is 4. The molecular formula is C14H24N2O4. The Morgan fingerprint density at radius 1 is 1.15 bits per heavy atom. The maximum Gasteiger partial charge on any atom is 0.332 e. The van der Waals surface area contributed by atoms with Gasteiger partial charge in [0.25, 0.3) is 5.91 Å². The monoisotopic (exact) mass is 284 g/mol. The van der Waals surface area contributed by atoms with Crippen molar-refractivity contribution in [3.05, 3.63) is 0 Å². The van der Waals surface area contributed by atoms with Crippen molar-refractivity contribution >= 4 is 11.9 Å². The Morgan fingerprint density at radius 3 is 2.25 bits per heavy atom. The molecule has 2 saturated heterocycles. The number of carbonyl (C=O) groups is 2. The lowest BCUT2D eigenvalue weighted by atomic mass is 10.1. The topological polar surface area (TPSA) is 70.1 Å². The number of carboxylic acids is 1. The third-order valence-electron chi connectivity index (χ3n) is 3.88. The summed E-state index contributed by atoms with van der Waals surface area (Å²) in [5.74, 6) is -0.383. The second-order valence-corrected chi connectivity index (χ2v) is 6.05. The summed E-state index contributed by atoms with van der Waals surface area (Å²) in [5, 5.41) is 8.89. The van der Waals surface area contributed by atoms with Gasteiger partial charge in [0.05, 0.1) is 0 Å². The Labute approximate surface area is 119 Å². The van der Waals surface area contributed by atoms with E-state index < -0.39 is 18.2 Å². The van der Waals surface area contributed by atoms with Crippen LogP contribution >= 0.6 is 0 Å². The van der Waals surface area contributed by atoms with Gasteiger partial charge in [-0.15, -0.1) is 0 Å². The van der Waals surface area contributed by atoms with Crippen LogP contribution in [0.4, 0.5) is 0 Å². The Balaban J connectivity index is 1.79. The molecule has 2 fully saturated rings. The summed E-state index contributed by atoms with van der Waals surface area (Å²) in [6, 6.07) is 0. The van der Waals surface area contributed by atoms with Crippen LogP contribution in [0.3, 0.4) is 0 Å². The van der Waals surface area contributed by atoms with Crippen LogP contribution in [0.25, 0.3) is 0 Å². The maximum atomic E-state index is 12.3. The van der Waals surface area contributed by atoms with E-state index in [2.05, 4.69) is 18.7 Å². The van der Waals surface area contributed by atoms with Crippen LogP contribution in [0.5, 0.6) is 0 Å². The highest BCUT2D eigenvalue weighted by molar-refractivity contribution is 5.82. The van der Waals surface area contributed by atoms with E-state index in [-0.39, 0.29) is 5.91 Å². The number of amides is 1. The van der Waals surface area contributed by atoms with Crippen molar-refractivity contribution < 1.29 is 19.4 Å². The van der Waals surface area contributed by atoms with Gasteiger partial charge in [0.2, 0.25) is 0 Å². The van der Waals surface area contributed by atoms with Crippen LogP contribution in [-0.4, -0.2) is 71.7 Å². The number of carboxylic acid groups (broad SMARTS) is 1. The standard InChI is InChI=1S/C14H24N2O4/c1-10(2)9-15-5-7-16(8-6-15)13(17)11-3-4-12(20-11)14(18)19/h10-12H,3-9H2,1-2H3,(H,18,19). The first-order valence-electron chi connectivity index (χ1n) is 7.36. The van der Waals surface area contributed by atoms with Crippen LogP contribution in [0.1, 0.15) is 26.7 Å². The van der Waals surface area contributed by atoms with Crippen molar-refractivity contribution in [1.29, 1.82) is 0 Å². The highest BCUT2D eigenvalue weighted by Crippen LogP contribution is 2.22. The number of nitrogens with zero attached hydrogens (tertiary/aromatic N) is 2. The van der Waals surface area contributed by atoms with Gasteiger partial charge in [0.15, 0.2) is 6.10 Å². The zero-order valence-corrected chi connectivity index (χ0v) is 12.2. The molecule has 2 atom stereocenters. The van der Waals surface area contributed by atoms with Gasteiger partial charge in [0.1, 0.15) is 6.10 Å². The first-order chi connectivity index (χ1) is 9.47. The van der Waals surface area contributed by atoms with Gasteiger partial charge in [-0.2, -0.15) is 0 Å². The molecule has 2 rings (SSSR count). The van der Waals surface area contributed by atoms with E-state index in [4.69, 9.17) is 9.84 Å². The Bertz CT molecular complexity index is 364. The van der Waals surface area contributed by atoms with Crippen LogP contribution in [0, 0.1) is 5.92 Å². The van der Waals surface area contributed by atoms with Crippen LogP contribution in [0.2, 0.25) is 0 Å².